The second-order valence-corrected chi connectivity index (χ2v) is 14.1. The number of benzene rings is 5. The highest BCUT2D eigenvalue weighted by atomic mass is 32.2. The molecule has 256 valence electrons. The molecule has 0 amide bonds. The molecule has 0 saturated carbocycles. The van der Waals surface area contributed by atoms with Crippen LogP contribution < -0.4 is 35.7 Å². The number of phenolic OH excluding ortho intramolecular Hbond substituents is 1. The standard InChI is InChI=1S/C39H43N3O6S/c1-8-10-12-40-19(4)23-18(3)16-20-24-27-29-25(36(45)37(47-6)30(23)27)21(43)17-22(46-5)26(29)31-28(24)32(35(44)33(20)41-13-11-9-2)34-39(38(31)48-7)49-15-14-42-34/h16-17,23,41-42,45H,8-15H2,1-7H3. The fourth-order valence-electron chi connectivity index (χ4n) is 8.07. The summed E-state index contributed by atoms with van der Waals surface area (Å²) in [6, 6.07) is 1.42. The van der Waals surface area contributed by atoms with Gasteiger partial charge in [-0.3, -0.25) is 14.6 Å². The predicted molar refractivity (Wildman–Crippen MR) is 205 cm³/mol. The summed E-state index contributed by atoms with van der Waals surface area (Å²) in [5.74, 6) is 1.35. The van der Waals surface area contributed by atoms with Crippen LogP contribution in [0.15, 0.2) is 31.1 Å². The lowest BCUT2D eigenvalue weighted by Crippen LogP contribution is -2.19. The molecule has 7 rings (SSSR count). The highest BCUT2D eigenvalue weighted by Crippen LogP contribution is 2.59. The molecule has 1 atom stereocenters. The summed E-state index contributed by atoms with van der Waals surface area (Å²) in [6.07, 6.45) is 5.90. The number of phenols is 1. The molecular weight excluding hydrogens is 639 g/mol. The third kappa shape index (κ3) is 4.70. The summed E-state index contributed by atoms with van der Waals surface area (Å²) >= 11 is 1.64. The Hall–Kier alpha value is -4.44. The number of ether oxygens (including phenoxy) is 3. The van der Waals surface area contributed by atoms with Crippen LogP contribution in [0.4, 0.5) is 11.4 Å². The van der Waals surface area contributed by atoms with Crippen molar-refractivity contribution in [3.05, 3.63) is 43.2 Å². The molecule has 5 aromatic carbocycles. The molecule has 2 aliphatic rings. The number of anilines is 2. The van der Waals surface area contributed by atoms with Gasteiger partial charge in [-0.2, -0.15) is 0 Å². The van der Waals surface area contributed by atoms with Crippen LogP contribution in [0.25, 0.3) is 49.2 Å². The van der Waals surface area contributed by atoms with Crippen LogP contribution in [-0.4, -0.2) is 57.5 Å². The molecule has 0 fully saturated rings. The van der Waals surface area contributed by atoms with Crippen LogP contribution in [0.1, 0.15) is 70.4 Å². The van der Waals surface area contributed by atoms with E-state index in [2.05, 4.69) is 30.6 Å². The first-order valence-electron chi connectivity index (χ1n) is 17.1. The Bertz CT molecular complexity index is 2330. The summed E-state index contributed by atoms with van der Waals surface area (Å²) in [5.41, 5.74) is 4.07. The third-order valence-corrected chi connectivity index (χ3v) is 11.2. The van der Waals surface area contributed by atoms with Gasteiger partial charge in [-0.1, -0.05) is 38.3 Å². The average Bonchev–Trinajstić information content (AvgIpc) is 3.22. The zero-order valence-electron chi connectivity index (χ0n) is 29.2. The zero-order chi connectivity index (χ0) is 34.7. The van der Waals surface area contributed by atoms with Gasteiger partial charge in [0.25, 0.3) is 0 Å². The Balaban J connectivity index is 1.87. The van der Waals surface area contributed by atoms with E-state index >= 15 is 4.79 Å². The fraction of sp³-hybridized carbons (Fsp3) is 0.410. The molecule has 1 unspecified atom stereocenters. The normalized spacial score (nSPS) is 15.9. The third-order valence-electron chi connectivity index (χ3n) is 10.1. The van der Waals surface area contributed by atoms with E-state index in [0.717, 1.165) is 80.6 Å². The molecule has 0 aromatic heterocycles. The Morgan fingerprint density at radius 1 is 0.959 bits per heavy atom. The molecule has 9 nitrogen and oxygen atoms in total. The quantitative estimate of drug-likeness (QED) is 0.0550. The highest BCUT2D eigenvalue weighted by Gasteiger charge is 2.38. The molecule has 1 aliphatic carbocycles. The largest absolute Gasteiger partial charge is 0.504 e. The number of hydrogen-bond donors (Lipinski definition) is 3. The topological polar surface area (TPSA) is 118 Å². The number of unbranched alkanes of at least 4 members (excludes halogenated alkanes) is 2. The maximum atomic E-state index is 15.0. The minimum atomic E-state index is -0.401. The number of hydrogen-bond acceptors (Lipinski definition) is 10. The molecule has 0 saturated heterocycles. The SMILES string of the molecule is CCCCN=C(C)C1C(C)=Cc2c(NCCCC)c(=O)c3c4c(c(OC)c5c6c(OC)cc(=O)c7c(O)c(OC)c1c(c2c35)c76)SCCN4. The summed E-state index contributed by atoms with van der Waals surface area (Å²) < 4.78 is 18.3. The first-order valence-corrected chi connectivity index (χ1v) is 18.1. The highest BCUT2D eigenvalue weighted by molar-refractivity contribution is 7.99. The molecular formula is C39H43N3O6S. The van der Waals surface area contributed by atoms with Crippen molar-refractivity contribution < 1.29 is 19.3 Å². The number of rotatable bonds is 11. The van der Waals surface area contributed by atoms with E-state index in [4.69, 9.17) is 19.2 Å². The monoisotopic (exact) mass is 681 g/mol. The van der Waals surface area contributed by atoms with E-state index < -0.39 is 5.92 Å². The Morgan fingerprint density at radius 2 is 1.69 bits per heavy atom. The summed E-state index contributed by atoms with van der Waals surface area (Å²) in [7, 11) is 4.70. The molecule has 0 spiro atoms. The minimum Gasteiger partial charge on any atom is -0.504 e. The summed E-state index contributed by atoms with van der Waals surface area (Å²) in [5, 5.41) is 24.0. The van der Waals surface area contributed by atoms with Crippen LogP contribution in [0.2, 0.25) is 0 Å². The number of allylic oxidation sites excluding steroid dienone is 1. The Kier molecular flexibility index (Phi) is 8.63. The van der Waals surface area contributed by atoms with E-state index in [9.17, 15) is 9.90 Å². The van der Waals surface area contributed by atoms with Crippen LogP contribution in [0.5, 0.6) is 23.0 Å². The molecule has 0 radical (unpaired) electrons. The smallest absolute Gasteiger partial charge is 0.212 e. The van der Waals surface area contributed by atoms with Gasteiger partial charge in [-0.05, 0) is 32.1 Å². The van der Waals surface area contributed by atoms with Crippen molar-refractivity contribution in [2.45, 2.75) is 64.2 Å². The summed E-state index contributed by atoms with van der Waals surface area (Å²) in [6.45, 7) is 10.3. The average molecular weight is 682 g/mol. The van der Waals surface area contributed by atoms with Crippen molar-refractivity contribution in [2.24, 2.45) is 4.99 Å². The van der Waals surface area contributed by atoms with Gasteiger partial charge in [0.05, 0.1) is 48.4 Å². The number of methoxy groups -OCH3 is 3. The van der Waals surface area contributed by atoms with Gasteiger partial charge in [0.1, 0.15) is 11.5 Å². The maximum absolute atomic E-state index is 15.0. The van der Waals surface area contributed by atoms with Crippen molar-refractivity contribution in [2.75, 3.05) is 57.4 Å². The number of aliphatic imine (C=N–C) groups is 1. The zero-order valence-corrected chi connectivity index (χ0v) is 30.0. The van der Waals surface area contributed by atoms with Crippen molar-refractivity contribution in [3.8, 4) is 23.0 Å². The van der Waals surface area contributed by atoms with Crippen LogP contribution in [0, 0.1) is 0 Å². The van der Waals surface area contributed by atoms with Crippen LogP contribution in [-0.2, 0) is 0 Å². The van der Waals surface area contributed by atoms with Crippen molar-refractivity contribution in [1.29, 1.82) is 0 Å². The van der Waals surface area contributed by atoms with Crippen LogP contribution >= 0.6 is 11.8 Å². The van der Waals surface area contributed by atoms with Crippen LogP contribution in [0.3, 0.4) is 0 Å². The van der Waals surface area contributed by atoms with E-state index in [1.807, 2.05) is 13.8 Å². The van der Waals surface area contributed by atoms with Gasteiger partial charge in [0.2, 0.25) is 5.43 Å². The lowest BCUT2D eigenvalue weighted by atomic mass is 9.80. The van der Waals surface area contributed by atoms with E-state index in [0.29, 0.717) is 58.4 Å². The number of nitrogens with one attached hydrogen (secondary N) is 2. The second-order valence-electron chi connectivity index (χ2n) is 13.0. The molecule has 1 aliphatic heterocycles. The van der Waals surface area contributed by atoms with E-state index in [1.54, 1.807) is 18.9 Å². The minimum absolute atomic E-state index is 0.0951. The Morgan fingerprint density at radius 3 is 2.39 bits per heavy atom. The molecule has 1 heterocycles. The number of nitrogens with zero attached hydrogens (tertiary/aromatic N) is 1. The van der Waals surface area contributed by atoms with Crippen molar-refractivity contribution >= 4 is 78.0 Å². The first kappa shape index (κ1) is 33.1. The Labute approximate surface area is 289 Å². The van der Waals surface area contributed by atoms with Gasteiger partial charge < -0.3 is 30.0 Å². The van der Waals surface area contributed by atoms with Gasteiger partial charge in [0.15, 0.2) is 16.9 Å². The molecule has 49 heavy (non-hydrogen) atoms. The molecule has 3 N–H and O–H groups in total. The van der Waals surface area contributed by atoms with E-state index in [1.165, 1.54) is 20.3 Å². The molecule has 5 aromatic rings. The van der Waals surface area contributed by atoms with Crippen molar-refractivity contribution in [3.63, 3.8) is 0 Å². The van der Waals surface area contributed by atoms with Gasteiger partial charge in [0, 0.05) is 81.1 Å². The lowest BCUT2D eigenvalue weighted by molar-refractivity contribution is 0.373. The lowest BCUT2D eigenvalue weighted by Gasteiger charge is -2.28. The molecule has 10 heteroatoms. The van der Waals surface area contributed by atoms with Gasteiger partial charge in [-0.25, -0.2) is 0 Å². The van der Waals surface area contributed by atoms with E-state index in [-0.39, 0.29) is 27.7 Å². The maximum Gasteiger partial charge on any atom is 0.212 e. The number of fused-ring (bicyclic) bond motifs is 3. The van der Waals surface area contributed by atoms with Crippen molar-refractivity contribution in [1.82, 2.24) is 0 Å². The summed E-state index contributed by atoms with van der Waals surface area (Å²) in [4.78, 5) is 35.0. The fourth-order valence-corrected chi connectivity index (χ4v) is 9.11. The first-order chi connectivity index (χ1) is 23.7. The van der Waals surface area contributed by atoms with Gasteiger partial charge >= 0.3 is 0 Å². The number of aromatic hydroxyl groups is 1. The molecule has 0 bridgehead atoms. The number of thioether (sulfide) groups is 1. The second kappa shape index (κ2) is 12.8. The van der Waals surface area contributed by atoms with Gasteiger partial charge in [-0.15, -0.1) is 11.8 Å². The predicted octanol–water partition coefficient (Wildman–Crippen LogP) is 8.12.